The molecule has 1 aliphatic heterocycles. The first-order valence-corrected chi connectivity index (χ1v) is 8.71. The van der Waals surface area contributed by atoms with E-state index in [1.807, 2.05) is 0 Å². The Labute approximate surface area is 152 Å². The van der Waals surface area contributed by atoms with Gasteiger partial charge in [-0.05, 0) is 19.1 Å². The van der Waals surface area contributed by atoms with E-state index in [-0.39, 0.29) is 17.9 Å². The summed E-state index contributed by atoms with van der Waals surface area (Å²) in [5, 5.41) is 21.4. The van der Waals surface area contributed by atoms with Crippen molar-refractivity contribution in [3.8, 4) is 0 Å². The molecule has 0 spiro atoms. The van der Waals surface area contributed by atoms with Crippen molar-refractivity contribution in [2.45, 2.75) is 49.7 Å². The minimum atomic E-state index is -5.11. The molecule has 26 heavy (non-hydrogen) atoms. The molecular weight excluding hydrogens is 383 g/mol. The lowest BCUT2D eigenvalue weighted by Crippen LogP contribution is -2.47. The molecule has 1 amide bonds. The Morgan fingerprint density at radius 2 is 1.96 bits per heavy atom. The average Bonchev–Trinajstić information content (AvgIpc) is 2.80. The molecule has 1 rings (SSSR count). The highest BCUT2D eigenvalue weighted by Gasteiger charge is 2.51. The highest BCUT2D eigenvalue weighted by Crippen LogP contribution is 2.34. The summed E-state index contributed by atoms with van der Waals surface area (Å²) >= 11 is 1.17. The van der Waals surface area contributed by atoms with Crippen LogP contribution in [0.1, 0.15) is 13.3 Å². The van der Waals surface area contributed by atoms with Crippen LogP contribution in [0.2, 0.25) is 0 Å². The maximum Gasteiger partial charge on any atom is 0.471 e. The molecule has 5 atom stereocenters. The SMILES string of the molecule is COC(=O)[C@H](CCSC[C@@]1(C)O[C@@H](OC)[C@H](O)[C@@H]1O)NC(=O)C(F)(F)F. The Morgan fingerprint density at radius 3 is 2.42 bits per heavy atom. The zero-order valence-corrected chi connectivity index (χ0v) is 15.2. The quantitative estimate of drug-likeness (QED) is 0.376. The zero-order valence-electron chi connectivity index (χ0n) is 14.4. The highest BCUT2D eigenvalue weighted by atomic mass is 32.2. The molecule has 1 aliphatic rings. The first kappa shape index (κ1) is 23.0. The predicted molar refractivity (Wildman–Crippen MR) is 84.2 cm³/mol. The summed E-state index contributed by atoms with van der Waals surface area (Å²) in [6, 6.07) is -1.46. The van der Waals surface area contributed by atoms with Crippen LogP contribution in [0.25, 0.3) is 0 Å². The molecule has 0 aromatic heterocycles. The lowest BCUT2D eigenvalue weighted by molar-refractivity contribution is -0.175. The lowest BCUT2D eigenvalue weighted by Gasteiger charge is -2.27. The molecule has 8 nitrogen and oxygen atoms in total. The summed E-state index contributed by atoms with van der Waals surface area (Å²) in [6.07, 6.45) is -8.69. The van der Waals surface area contributed by atoms with Crippen LogP contribution < -0.4 is 5.32 Å². The van der Waals surface area contributed by atoms with E-state index in [4.69, 9.17) is 9.47 Å². The van der Waals surface area contributed by atoms with Crippen molar-refractivity contribution in [3.05, 3.63) is 0 Å². The fraction of sp³-hybridized carbons (Fsp3) is 0.857. The van der Waals surface area contributed by atoms with Crippen LogP contribution in [0.3, 0.4) is 0 Å². The van der Waals surface area contributed by atoms with E-state index in [0.29, 0.717) is 0 Å². The van der Waals surface area contributed by atoms with Gasteiger partial charge in [0.05, 0.1) is 7.11 Å². The molecule has 1 fully saturated rings. The van der Waals surface area contributed by atoms with Gasteiger partial charge < -0.3 is 29.7 Å². The van der Waals surface area contributed by atoms with Gasteiger partial charge in [0.1, 0.15) is 23.9 Å². The van der Waals surface area contributed by atoms with Gasteiger partial charge in [-0.15, -0.1) is 0 Å². The van der Waals surface area contributed by atoms with Crippen LogP contribution in [0, 0.1) is 0 Å². The number of hydrogen-bond acceptors (Lipinski definition) is 8. The number of carbonyl (C=O) groups excluding carboxylic acids is 2. The monoisotopic (exact) mass is 405 g/mol. The maximum absolute atomic E-state index is 12.3. The van der Waals surface area contributed by atoms with E-state index in [1.165, 1.54) is 18.9 Å². The number of ether oxygens (including phenoxy) is 3. The van der Waals surface area contributed by atoms with Crippen LogP contribution in [0.15, 0.2) is 0 Å². The summed E-state index contributed by atoms with van der Waals surface area (Å²) in [7, 11) is 2.31. The van der Waals surface area contributed by atoms with Gasteiger partial charge in [0.2, 0.25) is 0 Å². The molecule has 0 aliphatic carbocycles. The third-order valence-corrected chi connectivity index (χ3v) is 5.14. The van der Waals surface area contributed by atoms with Crippen molar-refractivity contribution in [2.75, 3.05) is 25.7 Å². The third kappa shape index (κ3) is 5.71. The standard InChI is InChI=1S/C14H22F3NO7S/c1-13(9(20)8(19)11(24-3)25-13)6-26-5-4-7(10(21)23-2)18-12(22)14(15,16)17/h7-9,11,19-20H,4-6H2,1-3H3,(H,18,22)/t7-,8+,9-,11+,13+/m0/s1. The summed E-state index contributed by atoms with van der Waals surface area (Å²) in [4.78, 5) is 22.5. The molecule has 3 N–H and O–H groups in total. The van der Waals surface area contributed by atoms with Crippen LogP contribution >= 0.6 is 11.8 Å². The second-order valence-corrected chi connectivity index (χ2v) is 6.96. The number of aliphatic hydroxyl groups is 2. The second kappa shape index (κ2) is 9.22. The maximum atomic E-state index is 12.3. The van der Waals surface area contributed by atoms with Crippen molar-refractivity contribution in [1.29, 1.82) is 0 Å². The number of aliphatic hydroxyl groups excluding tert-OH is 2. The molecule has 152 valence electrons. The van der Waals surface area contributed by atoms with Crippen LogP contribution in [-0.4, -0.2) is 84.1 Å². The molecule has 0 aromatic carbocycles. The molecule has 12 heteroatoms. The molecule has 0 aromatic rings. The van der Waals surface area contributed by atoms with Crippen LogP contribution in [0.5, 0.6) is 0 Å². The number of nitrogens with one attached hydrogen (secondary N) is 1. The topological polar surface area (TPSA) is 114 Å². The number of halogens is 3. The minimum absolute atomic E-state index is 0.123. The van der Waals surface area contributed by atoms with E-state index >= 15 is 0 Å². The molecular formula is C14H22F3NO7S. The number of rotatable bonds is 8. The number of esters is 1. The second-order valence-electron chi connectivity index (χ2n) is 5.86. The van der Waals surface area contributed by atoms with Gasteiger partial charge >= 0.3 is 18.1 Å². The molecule has 1 heterocycles. The summed E-state index contributed by atoms with van der Waals surface area (Å²) < 4.78 is 51.7. The number of hydrogen-bond donors (Lipinski definition) is 3. The van der Waals surface area contributed by atoms with E-state index < -0.39 is 48.2 Å². The lowest BCUT2D eigenvalue weighted by atomic mass is 10.0. The zero-order chi connectivity index (χ0) is 20.1. The fourth-order valence-corrected chi connectivity index (χ4v) is 3.52. The number of amides is 1. The fourth-order valence-electron chi connectivity index (χ4n) is 2.33. The van der Waals surface area contributed by atoms with Crippen molar-refractivity contribution in [1.82, 2.24) is 5.32 Å². The van der Waals surface area contributed by atoms with Crippen LogP contribution in [-0.2, 0) is 23.8 Å². The highest BCUT2D eigenvalue weighted by molar-refractivity contribution is 7.99. The van der Waals surface area contributed by atoms with Gasteiger partial charge in [0.25, 0.3) is 0 Å². The largest absolute Gasteiger partial charge is 0.471 e. The number of alkyl halides is 3. The predicted octanol–water partition coefficient (Wildman–Crippen LogP) is -0.187. The van der Waals surface area contributed by atoms with E-state index in [1.54, 1.807) is 12.2 Å². The van der Waals surface area contributed by atoms with Crippen molar-refractivity contribution >= 4 is 23.6 Å². The van der Waals surface area contributed by atoms with E-state index in [0.717, 1.165) is 7.11 Å². The van der Waals surface area contributed by atoms with Gasteiger partial charge in [0, 0.05) is 12.9 Å². The Hall–Kier alpha value is -1.08. The number of carbonyl (C=O) groups is 2. The Morgan fingerprint density at radius 1 is 1.35 bits per heavy atom. The summed E-state index contributed by atoms with van der Waals surface area (Å²) in [6.45, 7) is 1.55. The van der Waals surface area contributed by atoms with Gasteiger partial charge in [-0.3, -0.25) is 4.79 Å². The third-order valence-electron chi connectivity index (χ3n) is 3.83. The van der Waals surface area contributed by atoms with Crippen molar-refractivity contribution in [3.63, 3.8) is 0 Å². The van der Waals surface area contributed by atoms with E-state index in [2.05, 4.69) is 4.74 Å². The smallest absolute Gasteiger partial charge is 0.467 e. The molecule has 0 unspecified atom stereocenters. The first-order valence-electron chi connectivity index (χ1n) is 7.56. The summed E-state index contributed by atoms with van der Waals surface area (Å²) in [5.41, 5.74) is -1.14. The summed E-state index contributed by atoms with van der Waals surface area (Å²) in [5.74, 6) is -2.89. The Balaban J connectivity index is 2.55. The van der Waals surface area contributed by atoms with Crippen molar-refractivity contribution < 1.29 is 47.2 Å². The van der Waals surface area contributed by atoms with Gasteiger partial charge in [-0.25, -0.2) is 4.79 Å². The van der Waals surface area contributed by atoms with E-state index in [9.17, 15) is 33.0 Å². The minimum Gasteiger partial charge on any atom is -0.467 e. The Bertz CT molecular complexity index is 507. The number of methoxy groups -OCH3 is 2. The van der Waals surface area contributed by atoms with Gasteiger partial charge in [-0.2, -0.15) is 24.9 Å². The average molecular weight is 405 g/mol. The molecule has 0 radical (unpaired) electrons. The molecule has 0 saturated carbocycles. The first-order chi connectivity index (χ1) is 12.0. The van der Waals surface area contributed by atoms with Gasteiger partial charge in [0.15, 0.2) is 6.29 Å². The molecule has 0 bridgehead atoms. The molecule has 1 saturated heterocycles. The Kier molecular flexibility index (Phi) is 8.14. The van der Waals surface area contributed by atoms with Crippen molar-refractivity contribution in [2.24, 2.45) is 0 Å². The number of thioether (sulfide) groups is 1. The van der Waals surface area contributed by atoms with Crippen LogP contribution in [0.4, 0.5) is 13.2 Å². The normalized spacial score (nSPS) is 30.1. The van der Waals surface area contributed by atoms with Gasteiger partial charge in [-0.1, -0.05) is 0 Å².